The number of amides is 1. The van der Waals surface area contributed by atoms with Gasteiger partial charge >= 0.3 is 0 Å². The van der Waals surface area contributed by atoms with Gasteiger partial charge in [-0.2, -0.15) is 0 Å². The Morgan fingerprint density at radius 1 is 1.04 bits per heavy atom. The van der Waals surface area contributed by atoms with Crippen LogP contribution in [0, 0.1) is 0 Å². The van der Waals surface area contributed by atoms with Gasteiger partial charge in [0.1, 0.15) is 0 Å². The average Bonchev–Trinajstić information content (AvgIpc) is 3.17. The Labute approximate surface area is 164 Å². The molecule has 27 heavy (non-hydrogen) atoms. The number of nitrogens with zero attached hydrogens (tertiary/aromatic N) is 1. The van der Waals surface area contributed by atoms with E-state index in [0.717, 1.165) is 31.5 Å². The molecule has 3 aromatic rings. The maximum Gasteiger partial charge on any atom is 0.234 e. The summed E-state index contributed by atoms with van der Waals surface area (Å²) in [7, 11) is 0. The molecule has 1 amide bonds. The minimum atomic E-state index is -0.0115. The molecule has 1 aliphatic heterocycles. The molecule has 0 saturated carbocycles. The van der Waals surface area contributed by atoms with E-state index in [-0.39, 0.29) is 11.9 Å². The molecular weight excluding hydrogens is 352 g/mol. The molecule has 3 nitrogen and oxygen atoms in total. The zero-order chi connectivity index (χ0) is 18.5. The Balaban J connectivity index is 1.42. The van der Waals surface area contributed by atoms with E-state index < -0.39 is 0 Å². The van der Waals surface area contributed by atoms with Gasteiger partial charge in [-0.05, 0) is 41.0 Å². The van der Waals surface area contributed by atoms with Crippen LogP contribution in [0.5, 0.6) is 0 Å². The quantitative estimate of drug-likeness (QED) is 0.699. The van der Waals surface area contributed by atoms with Crippen LogP contribution in [0.4, 0.5) is 0 Å². The van der Waals surface area contributed by atoms with Crippen molar-refractivity contribution in [3.63, 3.8) is 0 Å². The molecule has 0 aliphatic carbocycles. The molecule has 138 valence electrons. The molecule has 0 radical (unpaired) electrons. The number of benzene rings is 2. The maximum absolute atomic E-state index is 12.8. The SMILES string of the molecule is O=C(CN1CCc2sccc2C1)NC(Cc1ccccc1)c1ccccc1. The molecule has 0 saturated heterocycles. The summed E-state index contributed by atoms with van der Waals surface area (Å²) >= 11 is 1.83. The van der Waals surface area contributed by atoms with Crippen LogP contribution in [-0.4, -0.2) is 23.9 Å². The Kier molecular flexibility index (Phi) is 5.66. The number of hydrogen-bond donors (Lipinski definition) is 1. The van der Waals surface area contributed by atoms with Gasteiger partial charge in [-0.15, -0.1) is 11.3 Å². The Morgan fingerprint density at radius 3 is 2.56 bits per heavy atom. The van der Waals surface area contributed by atoms with Gasteiger partial charge in [0.15, 0.2) is 0 Å². The van der Waals surface area contributed by atoms with E-state index in [4.69, 9.17) is 0 Å². The van der Waals surface area contributed by atoms with E-state index in [2.05, 4.69) is 45.9 Å². The largest absolute Gasteiger partial charge is 0.348 e. The van der Waals surface area contributed by atoms with Crippen LogP contribution in [0.15, 0.2) is 72.1 Å². The number of rotatable bonds is 6. The number of nitrogens with one attached hydrogen (secondary N) is 1. The summed E-state index contributed by atoms with van der Waals surface area (Å²) in [6.07, 6.45) is 1.84. The van der Waals surface area contributed by atoms with E-state index in [1.807, 2.05) is 47.7 Å². The smallest absolute Gasteiger partial charge is 0.234 e. The fourth-order valence-electron chi connectivity index (χ4n) is 3.67. The zero-order valence-corrected chi connectivity index (χ0v) is 16.1. The summed E-state index contributed by atoms with van der Waals surface area (Å²) in [5.74, 6) is 0.0958. The van der Waals surface area contributed by atoms with Crippen LogP contribution in [0.3, 0.4) is 0 Å². The molecule has 4 rings (SSSR count). The van der Waals surface area contributed by atoms with Crippen molar-refractivity contribution in [1.82, 2.24) is 10.2 Å². The fraction of sp³-hybridized carbons (Fsp3) is 0.261. The predicted molar refractivity (Wildman–Crippen MR) is 111 cm³/mol. The summed E-state index contributed by atoms with van der Waals surface area (Å²) in [6, 6.07) is 22.8. The van der Waals surface area contributed by atoms with E-state index in [9.17, 15) is 4.79 Å². The Morgan fingerprint density at radius 2 is 1.78 bits per heavy atom. The van der Waals surface area contributed by atoms with Crippen LogP contribution >= 0.6 is 11.3 Å². The van der Waals surface area contributed by atoms with Gasteiger partial charge in [-0.25, -0.2) is 0 Å². The second-order valence-corrected chi connectivity index (χ2v) is 8.05. The minimum absolute atomic E-state index is 0.0115. The van der Waals surface area contributed by atoms with Crippen LogP contribution in [0.2, 0.25) is 0 Å². The second-order valence-electron chi connectivity index (χ2n) is 7.05. The normalized spacial score (nSPS) is 15.1. The molecule has 1 N–H and O–H groups in total. The topological polar surface area (TPSA) is 32.3 Å². The lowest BCUT2D eigenvalue weighted by molar-refractivity contribution is -0.123. The van der Waals surface area contributed by atoms with Crippen molar-refractivity contribution >= 4 is 17.2 Å². The fourth-order valence-corrected chi connectivity index (χ4v) is 4.56. The third kappa shape index (κ3) is 4.65. The third-order valence-corrected chi connectivity index (χ3v) is 6.10. The molecule has 2 heterocycles. The molecule has 1 unspecified atom stereocenters. The molecule has 2 aromatic carbocycles. The van der Waals surface area contributed by atoms with Gasteiger partial charge < -0.3 is 5.32 Å². The lowest BCUT2D eigenvalue weighted by atomic mass is 9.99. The van der Waals surface area contributed by atoms with E-state index in [1.165, 1.54) is 16.0 Å². The first-order valence-electron chi connectivity index (χ1n) is 9.44. The van der Waals surface area contributed by atoms with Crippen molar-refractivity contribution in [2.45, 2.75) is 25.4 Å². The van der Waals surface area contributed by atoms with Crippen molar-refractivity contribution in [2.75, 3.05) is 13.1 Å². The summed E-state index contributed by atoms with van der Waals surface area (Å²) in [4.78, 5) is 16.5. The van der Waals surface area contributed by atoms with Crippen LogP contribution in [0.1, 0.15) is 27.6 Å². The summed E-state index contributed by atoms with van der Waals surface area (Å²) in [6.45, 7) is 2.28. The van der Waals surface area contributed by atoms with Crippen LogP contribution in [-0.2, 0) is 24.2 Å². The zero-order valence-electron chi connectivity index (χ0n) is 15.3. The highest BCUT2D eigenvalue weighted by molar-refractivity contribution is 7.10. The van der Waals surface area contributed by atoms with Crippen molar-refractivity contribution < 1.29 is 4.79 Å². The molecule has 0 spiro atoms. The molecule has 1 aliphatic rings. The van der Waals surface area contributed by atoms with Gasteiger partial charge in [-0.3, -0.25) is 9.69 Å². The highest BCUT2D eigenvalue weighted by Crippen LogP contribution is 2.24. The van der Waals surface area contributed by atoms with Crippen LogP contribution < -0.4 is 5.32 Å². The molecule has 4 heteroatoms. The third-order valence-electron chi connectivity index (χ3n) is 5.07. The van der Waals surface area contributed by atoms with Gasteiger partial charge in [-0.1, -0.05) is 60.7 Å². The van der Waals surface area contributed by atoms with Crippen molar-refractivity contribution in [2.24, 2.45) is 0 Å². The Hall–Kier alpha value is -2.43. The number of fused-ring (bicyclic) bond motifs is 1. The van der Waals surface area contributed by atoms with Gasteiger partial charge in [0.05, 0.1) is 12.6 Å². The maximum atomic E-state index is 12.8. The summed E-state index contributed by atoms with van der Waals surface area (Å²) in [5, 5.41) is 5.42. The van der Waals surface area contributed by atoms with E-state index in [0.29, 0.717) is 6.54 Å². The lowest BCUT2D eigenvalue weighted by Crippen LogP contribution is -2.41. The number of thiophene rings is 1. The standard InChI is InChI=1S/C23H24N2OS/c26-23(17-25-13-11-22-20(16-25)12-14-27-22)24-21(19-9-5-2-6-10-19)15-18-7-3-1-4-8-18/h1-10,12,14,21H,11,13,15-17H2,(H,24,26). The molecule has 0 fully saturated rings. The van der Waals surface area contributed by atoms with Crippen molar-refractivity contribution in [3.8, 4) is 0 Å². The predicted octanol–water partition coefficient (Wildman–Crippen LogP) is 4.21. The summed E-state index contributed by atoms with van der Waals surface area (Å²) < 4.78 is 0. The number of carbonyl (C=O) groups is 1. The summed E-state index contributed by atoms with van der Waals surface area (Å²) in [5.41, 5.74) is 3.75. The van der Waals surface area contributed by atoms with Gasteiger partial charge in [0.2, 0.25) is 5.91 Å². The second kappa shape index (κ2) is 8.51. The van der Waals surface area contributed by atoms with E-state index >= 15 is 0 Å². The number of carbonyl (C=O) groups excluding carboxylic acids is 1. The monoisotopic (exact) mass is 376 g/mol. The Bertz CT molecular complexity index is 876. The van der Waals surface area contributed by atoms with E-state index in [1.54, 1.807) is 0 Å². The van der Waals surface area contributed by atoms with Gasteiger partial charge in [0.25, 0.3) is 0 Å². The van der Waals surface area contributed by atoms with Crippen molar-refractivity contribution in [1.29, 1.82) is 0 Å². The molecule has 1 aromatic heterocycles. The minimum Gasteiger partial charge on any atom is -0.348 e. The highest BCUT2D eigenvalue weighted by atomic mass is 32.1. The molecule has 1 atom stereocenters. The molecular formula is C23H24N2OS. The van der Waals surface area contributed by atoms with Gasteiger partial charge in [0, 0.05) is 18.0 Å². The number of hydrogen-bond acceptors (Lipinski definition) is 3. The first-order valence-corrected chi connectivity index (χ1v) is 10.3. The first kappa shape index (κ1) is 18.0. The molecule has 0 bridgehead atoms. The van der Waals surface area contributed by atoms with Crippen LogP contribution in [0.25, 0.3) is 0 Å². The first-order chi connectivity index (χ1) is 13.3. The van der Waals surface area contributed by atoms with Crippen molar-refractivity contribution in [3.05, 3.63) is 93.7 Å². The highest BCUT2D eigenvalue weighted by Gasteiger charge is 2.21. The lowest BCUT2D eigenvalue weighted by Gasteiger charge is -2.27. The average molecular weight is 377 g/mol.